The maximum atomic E-state index is 5.35. The molecule has 2 heterocycles. The molecular weight excluding hydrogens is 238 g/mol. The van der Waals surface area contributed by atoms with E-state index in [-0.39, 0.29) is 0 Å². The maximum Gasteiger partial charge on any atom is 0.181 e. The first-order valence-electron chi connectivity index (χ1n) is 7.05. The van der Waals surface area contributed by atoms with Crippen LogP contribution in [0.4, 0.5) is 0 Å². The summed E-state index contributed by atoms with van der Waals surface area (Å²) in [7, 11) is 2.18. The van der Waals surface area contributed by atoms with Crippen molar-refractivity contribution in [2.75, 3.05) is 20.1 Å². The Hall–Kier alpha value is -1.39. The molecule has 1 aromatic carbocycles. The summed E-state index contributed by atoms with van der Waals surface area (Å²) < 4.78 is 5.35. The predicted molar refractivity (Wildman–Crippen MR) is 76.0 cm³/mol. The zero-order valence-corrected chi connectivity index (χ0v) is 11.4. The van der Waals surface area contributed by atoms with E-state index >= 15 is 0 Å². The molecule has 1 fully saturated rings. The number of piperidine rings is 1. The van der Waals surface area contributed by atoms with Crippen molar-refractivity contribution in [3.63, 3.8) is 0 Å². The fourth-order valence-corrected chi connectivity index (χ4v) is 2.83. The number of fused-ring (bicyclic) bond motifs is 1. The largest absolute Gasteiger partial charge is 0.443 e. The molecule has 2 aromatic rings. The third-order valence-electron chi connectivity index (χ3n) is 3.79. The van der Waals surface area contributed by atoms with Gasteiger partial charge in [0.2, 0.25) is 0 Å². The van der Waals surface area contributed by atoms with Gasteiger partial charge in [0.25, 0.3) is 0 Å². The Morgan fingerprint density at radius 2 is 2.37 bits per heavy atom. The van der Waals surface area contributed by atoms with Gasteiger partial charge in [-0.25, -0.2) is 4.98 Å². The van der Waals surface area contributed by atoms with Crippen LogP contribution in [-0.2, 0) is 6.54 Å². The first kappa shape index (κ1) is 12.6. The molecule has 0 amide bonds. The molecule has 4 nitrogen and oxygen atoms in total. The van der Waals surface area contributed by atoms with Crippen molar-refractivity contribution in [1.82, 2.24) is 15.2 Å². The van der Waals surface area contributed by atoms with E-state index in [9.17, 15) is 0 Å². The number of rotatable bonds is 4. The van der Waals surface area contributed by atoms with Gasteiger partial charge in [0.1, 0.15) is 5.52 Å². The van der Waals surface area contributed by atoms with Crippen LogP contribution in [0.15, 0.2) is 29.0 Å². The van der Waals surface area contributed by atoms with Crippen molar-refractivity contribution in [1.29, 1.82) is 0 Å². The minimum Gasteiger partial charge on any atom is -0.443 e. The molecule has 1 saturated heterocycles. The van der Waals surface area contributed by atoms with E-state index in [1.54, 1.807) is 0 Å². The summed E-state index contributed by atoms with van der Waals surface area (Å²) in [6.45, 7) is 3.23. The highest BCUT2D eigenvalue weighted by molar-refractivity contribution is 5.72. The van der Waals surface area contributed by atoms with Crippen molar-refractivity contribution in [2.45, 2.75) is 31.8 Å². The normalized spacial score (nSPS) is 20.2. The topological polar surface area (TPSA) is 41.3 Å². The van der Waals surface area contributed by atoms with Crippen molar-refractivity contribution >= 4 is 11.1 Å². The number of nitrogens with one attached hydrogen (secondary N) is 1. The monoisotopic (exact) mass is 259 g/mol. The highest BCUT2D eigenvalue weighted by Crippen LogP contribution is 2.16. The zero-order valence-electron chi connectivity index (χ0n) is 11.4. The van der Waals surface area contributed by atoms with Crippen LogP contribution in [0.2, 0.25) is 0 Å². The van der Waals surface area contributed by atoms with Crippen LogP contribution in [0.3, 0.4) is 0 Å². The molecule has 0 radical (unpaired) electrons. The van der Waals surface area contributed by atoms with Crippen molar-refractivity contribution in [3.05, 3.63) is 30.2 Å². The SMILES string of the molecule is CN(Cc1ccc2ncoc2c1)CC1CCCCN1. The van der Waals surface area contributed by atoms with Crippen molar-refractivity contribution in [3.8, 4) is 0 Å². The van der Waals surface area contributed by atoms with Crippen LogP contribution in [0.1, 0.15) is 24.8 Å². The Labute approximate surface area is 113 Å². The third kappa shape index (κ3) is 3.14. The molecule has 0 saturated carbocycles. The average molecular weight is 259 g/mol. The van der Waals surface area contributed by atoms with Crippen LogP contribution < -0.4 is 5.32 Å². The highest BCUT2D eigenvalue weighted by Gasteiger charge is 2.14. The number of nitrogens with zero attached hydrogens (tertiary/aromatic N) is 2. The molecule has 0 aliphatic carbocycles. The Balaban J connectivity index is 1.59. The van der Waals surface area contributed by atoms with Gasteiger partial charge in [-0.15, -0.1) is 0 Å². The Bertz CT molecular complexity index is 531. The summed E-state index contributed by atoms with van der Waals surface area (Å²) in [5, 5.41) is 3.59. The van der Waals surface area contributed by atoms with Gasteiger partial charge in [-0.3, -0.25) is 0 Å². The first-order valence-corrected chi connectivity index (χ1v) is 7.05. The fraction of sp³-hybridized carbons (Fsp3) is 0.533. The number of hydrogen-bond donors (Lipinski definition) is 1. The van der Waals surface area contributed by atoms with E-state index in [0.717, 1.165) is 24.2 Å². The molecule has 0 spiro atoms. The molecule has 1 aliphatic heterocycles. The quantitative estimate of drug-likeness (QED) is 0.915. The van der Waals surface area contributed by atoms with Crippen molar-refractivity contribution < 1.29 is 4.42 Å². The standard InChI is InChI=1S/C15H21N3O/c1-18(10-13-4-2-3-7-16-13)9-12-5-6-14-15(8-12)19-11-17-14/h5-6,8,11,13,16H,2-4,7,9-10H2,1H3. The van der Waals surface area contributed by atoms with Gasteiger partial charge in [-0.2, -0.15) is 0 Å². The van der Waals surface area contributed by atoms with E-state index < -0.39 is 0 Å². The predicted octanol–water partition coefficient (Wildman–Crippen LogP) is 2.40. The molecule has 1 atom stereocenters. The maximum absolute atomic E-state index is 5.35. The van der Waals surface area contributed by atoms with Gasteiger partial charge in [-0.1, -0.05) is 12.5 Å². The second-order valence-corrected chi connectivity index (χ2v) is 5.50. The Morgan fingerprint density at radius 3 is 3.21 bits per heavy atom. The lowest BCUT2D eigenvalue weighted by Crippen LogP contribution is -2.42. The summed E-state index contributed by atoms with van der Waals surface area (Å²) in [6, 6.07) is 6.90. The van der Waals surface area contributed by atoms with Gasteiger partial charge < -0.3 is 14.6 Å². The zero-order chi connectivity index (χ0) is 13.1. The number of likely N-dealkylation sites (N-methyl/N-ethyl adjacent to an activating group) is 1. The van der Waals surface area contributed by atoms with Crippen LogP contribution in [0, 0.1) is 0 Å². The minimum atomic E-state index is 0.646. The summed E-state index contributed by atoms with van der Waals surface area (Å²) in [5.74, 6) is 0. The van der Waals surface area contributed by atoms with Crippen LogP contribution in [0.25, 0.3) is 11.1 Å². The molecule has 3 rings (SSSR count). The van der Waals surface area contributed by atoms with Crippen LogP contribution in [-0.4, -0.2) is 36.1 Å². The van der Waals surface area contributed by atoms with Crippen molar-refractivity contribution in [2.24, 2.45) is 0 Å². The fourth-order valence-electron chi connectivity index (χ4n) is 2.83. The van der Waals surface area contributed by atoms with Gasteiger partial charge in [-0.05, 0) is 44.1 Å². The molecule has 0 bridgehead atoms. The Kier molecular flexibility index (Phi) is 3.80. The second-order valence-electron chi connectivity index (χ2n) is 5.50. The molecule has 1 N–H and O–H groups in total. The lowest BCUT2D eigenvalue weighted by atomic mass is 10.0. The molecule has 19 heavy (non-hydrogen) atoms. The number of benzene rings is 1. The highest BCUT2D eigenvalue weighted by atomic mass is 16.3. The molecular formula is C15H21N3O. The van der Waals surface area contributed by atoms with E-state index in [1.807, 2.05) is 6.07 Å². The van der Waals surface area contributed by atoms with Gasteiger partial charge in [0, 0.05) is 19.1 Å². The molecule has 1 aliphatic rings. The summed E-state index contributed by atoms with van der Waals surface area (Å²) in [6.07, 6.45) is 5.48. The number of oxazole rings is 1. The lowest BCUT2D eigenvalue weighted by molar-refractivity contribution is 0.256. The summed E-state index contributed by atoms with van der Waals surface area (Å²) in [4.78, 5) is 6.52. The van der Waals surface area contributed by atoms with Crippen LogP contribution >= 0.6 is 0 Å². The van der Waals surface area contributed by atoms with E-state index in [1.165, 1.54) is 37.8 Å². The summed E-state index contributed by atoms with van der Waals surface area (Å²) >= 11 is 0. The third-order valence-corrected chi connectivity index (χ3v) is 3.79. The molecule has 1 aromatic heterocycles. The van der Waals surface area contributed by atoms with E-state index in [0.29, 0.717) is 6.04 Å². The summed E-state index contributed by atoms with van der Waals surface area (Å²) in [5.41, 5.74) is 3.09. The van der Waals surface area contributed by atoms with E-state index in [2.05, 4.69) is 34.4 Å². The van der Waals surface area contributed by atoms with Gasteiger partial charge in [0.05, 0.1) is 0 Å². The molecule has 1 unspecified atom stereocenters. The Morgan fingerprint density at radius 1 is 1.42 bits per heavy atom. The minimum absolute atomic E-state index is 0.646. The van der Waals surface area contributed by atoms with Crippen LogP contribution in [0.5, 0.6) is 0 Å². The first-order chi connectivity index (χ1) is 9.31. The average Bonchev–Trinajstić information content (AvgIpc) is 2.87. The number of aromatic nitrogens is 1. The molecule has 102 valence electrons. The van der Waals surface area contributed by atoms with Gasteiger partial charge >= 0.3 is 0 Å². The van der Waals surface area contributed by atoms with Gasteiger partial charge in [0.15, 0.2) is 12.0 Å². The van der Waals surface area contributed by atoms with E-state index in [4.69, 9.17) is 4.42 Å². The molecule has 4 heteroatoms. The smallest absolute Gasteiger partial charge is 0.181 e. The number of hydrogen-bond acceptors (Lipinski definition) is 4. The second kappa shape index (κ2) is 5.72. The lowest BCUT2D eigenvalue weighted by Gasteiger charge is -2.28.